The molecule has 3 aliphatic rings. The molecule has 3 rings (SSSR count). The SMILES string of the molecule is C=C1CC[C@H](O)C/C1=C/[C@@H](O)[C@@]1(O)CCC[C@@]2(C)C1CC[C@@H]2[C@H](C)/C=C/[C@H](C)C(C)C. The first kappa shape index (κ1) is 24.7. The summed E-state index contributed by atoms with van der Waals surface area (Å²) in [6.07, 6.45) is 12.2. The summed E-state index contributed by atoms with van der Waals surface area (Å²) in [6.45, 7) is 15.6. The lowest BCUT2D eigenvalue weighted by Gasteiger charge is -2.52. The van der Waals surface area contributed by atoms with Gasteiger partial charge in [0.2, 0.25) is 0 Å². The molecule has 0 radical (unpaired) electrons. The van der Waals surface area contributed by atoms with Crippen LogP contribution in [0, 0.1) is 35.0 Å². The summed E-state index contributed by atoms with van der Waals surface area (Å²) >= 11 is 0. The summed E-state index contributed by atoms with van der Waals surface area (Å²) in [5.41, 5.74) is 0.876. The molecule has 0 amide bonds. The van der Waals surface area contributed by atoms with Crippen LogP contribution in [0.3, 0.4) is 0 Å². The second-order valence-corrected chi connectivity index (χ2v) is 11.6. The Labute approximate surface area is 190 Å². The highest BCUT2D eigenvalue weighted by atomic mass is 16.3. The zero-order chi connectivity index (χ0) is 23.0. The first-order valence-electron chi connectivity index (χ1n) is 12.6. The van der Waals surface area contributed by atoms with Crippen molar-refractivity contribution in [3.63, 3.8) is 0 Å². The molecular weight excluding hydrogens is 384 g/mol. The van der Waals surface area contributed by atoms with E-state index in [-0.39, 0.29) is 17.4 Å². The molecule has 31 heavy (non-hydrogen) atoms. The van der Waals surface area contributed by atoms with Gasteiger partial charge < -0.3 is 15.3 Å². The Hall–Kier alpha value is -0.900. The average molecular weight is 431 g/mol. The maximum absolute atomic E-state index is 11.8. The summed E-state index contributed by atoms with van der Waals surface area (Å²) in [5, 5.41) is 33.2. The van der Waals surface area contributed by atoms with Crippen molar-refractivity contribution in [1.29, 1.82) is 0 Å². The molecule has 0 bridgehead atoms. The van der Waals surface area contributed by atoms with Crippen LogP contribution in [0.2, 0.25) is 0 Å². The molecule has 3 fully saturated rings. The van der Waals surface area contributed by atoms with Crippen molar-refractivity contribution in [2.45, 2.75) is 104 Å². The van der Waals surface area contributed by atoms with Crippen LogP contribution in [-0.4, -0.2) is 33.1 Å². The molecule has 0 aromatic heterocycles. The van der Waals surface area contributed by atoms with Crippen LogP contribution in [-0.2, 0) is 0 Å². The van der Waals surface area contributed by atoms with E-state index in [1.165, 1.54) is 0 Å². The van der Waals surface area contributed by atoms with Crippen molar-refractivity contribution < 1.29 is 15.3 Å². The van der Waals surface area contributed by atoms with Gasteiger partial charge in [0.25, 0.3) is 0 Å². The van der Waals surface area contributed by atoms with E-state index in [4.69, 9.17) is 0 Å². The lowest BCUT2D eigenvalue weighted by molar-refractivity contribution is -0.155. The molecule has 176 valence electrons. The maximum Gasteiger partial charge on any atom is 0.102 e. The summed E-state index contributed by atoms with van der Waals surface area (Å²) in [7, 11) is 0. The second-order valence-electron chi connectivity index (χ2n) is 11.6. The Morgan fingerprint density at radius 1 is 1.06 bits per heavy atom. The van der Waals surface area contributed by atoms with Crippen LogP contribution in [0.4, 0.5) is 0 Å². The molecule has 0 spiro atoms. The first-order valence-corrected chi connectivity index (χ1v) is 12.6. The van der Waals surface area contributed by atoms with Crippen LogP contribution in [0.1, 0.15) is 86.0 Å². The topological polar surface area (TPSA) is 60.7 Å². The minimum Gasteiger partial charge on any atom is -0.393 e. The normalized spacial score (nSPS) is 41.0. The zero-order valence-corrected chi connectivity index (χ0v) is 20.5. The van der Waals surface area contributed by atoms with E-state index in [2.05, 4.69) is 53.3 Å². The molecule has 3 nitrogen and oxygen atoms in total. The lowest BCUT2D eigenvalue weighted by atomic mass is 9.56. The van der Waals surface area contributed by atoms with Crippen molar-refractivity contribution >= 4 is 0 Å². The van der Waals surface area contributed by atoms with Gasteiger partial charge in [-0.15, -0.1) is 0 Å². The van der Waals surface area contributed by atoms with Gasteiger partial charge in [-0.2, -0.15) is 0 Å². The van der Waals surface area contributed by atoms with Crippen molar-refractivity contribution in [3.05, 3.63) is 36.0 Å². The van der Waals surface area contributed by atoms with Crippen LogP contribution in [0.25, 0.3) is 0 Å². The second kappa shape index (κ2) is 9.53. The van der Waals surface area contributed by atoms with Gasteiger partial charge in [-0.1, -0.05) is 58.9 Å². The van der Waals surface area contributed by atoms with Crippen molar-refractivity contribution in [1.82, 2.24) is 0 Å². The van der Waals surface area contributed by atoms with Crippen LogP contribution >= 0.6 is 0 Å². The number of fused-ring (bicyclic) bond motifs is 1. The van der Waals surface area contributed by atoms with E-state index in [1.807, 2.05) is 6.08 Å². The molecule has 0 aromatic rings. The van der Waals surface area contributed by atoms with Gasteiger partial charge >= 0.3 is 0 Å². The fraction of sp³-hybridized carbons (Fsp3) is 0.786. The minimum absolute atomic E-state index is 0.0421. The Balaban J connectivity index is 1.80. The quantitative estimate of drug-likeness (QED) is 0.466. The van der Waals surface area contributed by atoms with Gasteiger partial charge in [0.15, 0.2) is 0 Å². The number of aliphatic hydroxyl groups is 3. The van der Waals surface area contributed by atoms with E-state index in [0.29, 0.717) is 36.5 Å². The average Bonchev–Trinajstić information content (AvgIpc) is 3.07. The summed E-state index contributed by atoms with van der Waals surface area (Å²) in [4.78, 5) is 0. The molecule has 0 saturated heterocycles. The molecule has 0 aliphatic heterocycles. The molecule has 3 heteroatoms. The van der Waals surface area contributed by atoms with Gasteiger partial charge in [-0.3, -0.25) is 0 Å². The van der Waals surface area contributed by atoms with E-state index in [0.717, 1.165) is 49.7 Å². The van der Waals surface area contributed by atoms with Crippen molar-refractivity contribution in [3.8, 4) is 0 Å². The van der Waals surface area contributed by atoms with E-state index >= 15 is 0 Å². The highest BCUT2D eigenvalue weighted by molar-refractivity contribution is 5.33. The largest absolute Gasteiger partial charge is 0.393 e. The van der Waals surface area contributed by atoms with Crippen LogP contribution in [0.5, 0.6) is 0 Å². The number of aliphatic hydroxyl groups excluding tert-OH is 2. The smallest absolute Gasteiger partial charge is 0.102 e. The lowest BCUT2D eigenvalue weighted by Crippen LogP contribution is -2.56. The predicted molar refractivity (Wildman–Crippen MR) is 129 cm³/mol. The molecule has 0 heterocycles. The fourth-order valence-corrected chi connectivity index (χ4v) is 6.82. The van der Waals surface area contributed by atoms with Gasteiger partial charge in [-0.05, 0) is 98.0 Å². The summed E-state index contributed by atoms with van der Waals surface area (Å²) < 4.78 is 0. The summed E-state index contributed by atoms with van der Waals surface area (Å²) in [5.74, 6) is 2.33. The van der Waals surface area contributed by atoms with E-state index in [1.54, 1.807) is 0 Å². The van der Waals surface area contributed by atoms with E-state index in [9.17, 15) is 15.3 Å². The Morgan fingerprint density at radius 2 is 1.77 bits per heavy atom. The zero-order valence-electron chi connectivity index (χ0n) is 20.5. The third kappa shape index (κ3) is 4.89. The monoisotopic (exact) mass is 430 g/mol. The van der Waals surface area contributed by atoms with E-state index < -0.39 is 11.7 Å². The number of allylic oxidation sites excluding steroid dienone is 3. The Morgan fingerprint density at radius 3 is 2.45 bits per heavy atom. The third-order valence-electron chi connectivity index (χ3n) is 9.27. The highest BCUT2D eigenvalue weighted by Crippen LogP contribution is 2.61. The fourth-order valence-electron chi connectivity index (χ4n) is 6.82. The minimum atomic E-state index is -1.09. The van der Waals surface area contributed by atoms with Gasteiger partial charge in [-0.25, -0.2) is 0 Å². The third-order valence-corrected chi connectivity index (χ3v) is 9.27. The van der Waals surface area contributed by atoms with Crippen molar-refractivity contribution in [2.75, 3.05) is 0 Å². The van der Waals surface area contributed by atoms with Gasteiger partial charge in [0.1, 0.15) is 6.10 Å². The number of rotatable bonds is 6. The van der Waals surface area contributed by atoms with Gasteiger partial charge in [0, 0.05) is 0 Å². The highest BCUT2D eigenvalue weighted by Gasteiger charge is 2.59. The molecule has 0 aromatic carbocycles. The van der Waals surface area contributed by atoms with Gasteiger partial charge in [0.05, 0.1) is 11.7 Å². The molecule has 8 atom stereocenters. The molecule has 1 unspecified atom stereocenters. The number of hydrogen-bond acceptors (Lipinski definition) is 3. The van der Waals surface area contributed by atoms with Crippen LogP contribution in [0.15, 0.2) is 36.0 Å². The molecule has 3 saturated carbocycles. The Kier molecular flexibility index (Phi) is 7.61. The Bertz CT molecular complexity index is 707. The summed E-state index contributed by atoms with van der Waals surface area (Å²) in [6, 6.07) is 0. The first-order chi connectivity index (χ1) is 14.5. The molecule has 3 N–H and O–H groups in total. The standard InChI is InChI=1S/C28H46O3/c1-18(2)19(3)8-9-21(5)24-12-13-25-27(24,6)14-7-15-28(25,31)26(30)17-22-16-23(29)11-10-20(22)4/h8-9,17-19,21,23-26,29-31H,4,7,10-16H2,1-3,5-6H3/b9-8+,22-17-/t19-,21+,23-,24+,25?,26+,27+,28+/m0/s1. The molecule has 3 aliphatic carbocycles. The molecular formula is C28H46O3. The maximum atomic E-state index is 11.8. The predicted octanol–water partition coefficient (Wildman–Crippen LogP) is 5.81. The van der Waals surface area contributed by atoms with Crippen LogP contribution < -0.4 is 0 Å². The number of hydrogen-bond donors (Lipinski definition) is 3. The van der Waals surface area contributed by atoms with Crippen molar-refractivity contribution in [2.24, 2.45) is 35.0 Å².